The summed E-state index contributed by atoms with van der Waals surface area (Å²) in [6, 6.07) is 8.46. The van der Waals surface area contributed by atoms with Crippen LogP contribution in [0, 0.1) is 0 Å². The highest BCUT2D eigenvalue weighted by Gasteiger charge is 2.24. The molecule has 1 aliphatic rings. The Balaban J connectivity index is 1.87. The van der Waals surface area contributed by atoms with E-state index >= 15 is 0 Å². The number of hydrogen-bond acceptors (Lipinski definition) is 2. The van der Waals surface area contributed by atoms with Gasteiger partial charge in [0, 0.05) is 19.0 Å². The first-order chi connectivity index (χ1) is 9.74. The van der Waals surface area contributed by atoms with Crippen molar-refractivity contribution >= 4 is 5.91 Å². The highest BCUT2D eigenvalue weighted by molar-refractivity contribution is 5.76. The van der Waals surface area contributed by atoms with Gasteiger partial charge in [0.15, 0.2) is 0 Å². The highest BCUT2D eigenvalue weighted by Crippen LogP contribution is 2.21. The lowest BCUT2D eigenvalue weighted by atomic mass is 9.99. The van der Waals surface area contributed by atoms with Crippen molar-refractivity contribution < 1.29 is 9.53 Å². The third-order valence-corrected chi connectivity index (χ3v) is 4.21. The molecule has 1 aromatic carbocycles. The molecule has 1 heterocycles. The Morgan fingerprint density at radius 1 is 1.30 bits per heavy atom. The molecule has 1 atom stereocenters. The molecule has 110 valence electrons. The quantitative estimate of drug-likeness (QED) is 0.824. The number of nitrogens with zero attached hydrogens (tertiary/aromatic N) is 1. The Morgan fingerprint density at radius 2 is 2.05 bits per heavy atom. The minimum absolute atomic E-state index is 0.312. The van der Waals surface area contributed by atoms with E-state index in [-0.39, 0.29) is 0 Å². The lowest BCUT2D eigenvalue weighted by Gasteiger charge is -2.35. The molecular weight excluding hydrogens is 250 g/mol. The van der Waals surface area contributed by atoms with Crippen LogP contribution in [0.1, 0.15) is 44.6 Å². The van der Waals surface area contributed by atoms with Crippen LogP contribution >= 0.6 is 0 Å². The smallest absolute Gasteiger partial charge is 0.223 e. The van der Waals surface area contributed by atoms with Crippen molar-refractivity contribution in [2.24, 2.45) is 0 Å². The summed E-state index contributed by atoms with van der Waals surface area (Å²) in [6.45, 7) is 3.12. The largest absolute Gasteiger partial charge is 0.497 e. The molecule has 20 heavy (non-hydrogen) atoms. The summed E-state index contributed by atoms with van der Waals surface area (Å²) < 4.78 is 5.14. The molecule has 1 aromatic rings. The standard InChI is InChI=1S/C17H25NO2/c1-3-15-6-4-5-13-18(15)17(19)12-9-14-7-10-16(20-2)11-8-14/h7-8,10-11,15H,3-6,9,12-13H2,1-2H3. The fourth-order valence-electron chi connectivity index (χ4n) is 2.94. The molecule has 0 bridgehead atoms. The van der Waals surface area contributed by atoms with Gasteiger partial charge in [0.1, 0.15) is 5.75 Å². The lowest BCUT2D eigenvalue weighted by Crippen LogP contribution is -2.43. The molecule has 1 amide bonds. The molecule has 0 aromatic heterocycles. The van der Waals surface area contributed by atoms with E-state index in [9.17, 15) is 4.79 Å². The first-order valence-corrected chi connectivity index (χ1v) is 7.67. The fraction of sp³-hybridized carbons (Fsp3) is 0.588. The molecule has 3 nitrogen and oxygen atoms in total. The van der Waals surface area contributed by atoms with E-state index in [4.69, 9.17) is 4.74 Å². The van der Waals surface area contributed by atoms with Crippen molar-refractivity contribution in [2.45, 2.75) is 51.5 Å². The second-order valence-corrected chi connectivity index (χ2v) is 5.49. The lowest BCUT2D eigenvalue weighted by molar-refractivity contribution is -0.134. The molecule has 1 aliphatic heterocycles. The third-order valence-electron chi connectivity index (χ3n) is 4.21. The first-order valence-electron chi connectivity index (χ1n) is 7.67. The second-order valence-electron chi connectivity index (χ2n) is 5.49. The number of rotatable bonds is 5. The van der Waals surface area contributed by atoms with Crippen molar-refractivity contribution in [1.82, 2.24) is 4.90 Å². The van der Waals surface area contributed by atoms with Gasteiger partial charge in [0.05, 0.1) is 7.11 Å². The molecule has 0 spiro atoms. The number of benzene rings is 1. The van der Waals surface area contributed by atoms with Gasteiger partial charge in [-0.15, -0.1) is 0 Å². The number of carbonyl (C=O) groups excluding carboxylic acids is 1. The van der Waals surface area contributed by atoms with E-state index in [0.29, 0.717) is 18.4 Å². The van der Waals surface area contributed by atoms with E-state index in [1.165, 1.54) is 18.4 Å². The predicted octanol–water partition coefficient (Wildman–Crippen LogP) is 3.42. The third kappa shape index (κ3) is 3.75. The van der Waals surface area contributed by atoms with Gasteiger partial charge >= 0.3 is 0 Å². The maximum atomic E-state index is 12.4. The number of carbonyl (C=O) groups is 1. The molecule has 3 heteroatoms. The maximum absolute atomic E-state index is 12.4. The molecular formula is C17H25NO2. The van der Waals surface area contributed by atoms with E-state index in [1.807, 2.05) is 24.3 Å². The average Bonchev–Trinajstić information content (AvgIpc) is 2.53. The number of ether oxygens (including phenoxy) is 1. The van der Waals surface area contributed by atoms with Crippen molar-refractivity contribution in [2.75, 3.05) is 13.7 Å². The van der Waals surface area contributed by atoms with Crippen molar-refractivity contribution in [3.05, 3.63) is 29.8 Å². The molecule has 0 aliphatic carbocycles. The fourth-order valence-corrected chi connectivity index (χ4v) is 2.94. The first kappa shape index (κ1) is 14.9. The van der Waals surface area contributed by atoms with Crippen LogP contribution in [0.4, 0.5) is 0 Å². The molecule has 1 saturated heterocycles. The van der Waals surface area contributed by atoms with Crippen LogP contribution in [-0.2, 0) is 11.2 Å². The van der Waals surface area contributed by atoms with Crippen molar-refractivity contribution in [1.29, 1.82) is 0 Å². The van der Waals surface area contributed by atoms with Gasteiger partial charge in [0.25, 0.3) is 0 Å². The topological polar surface area (TPSA) is 29.5 Å². The highest BCUT2D eigenvalue weighted by atomic mass is 16.5. The summed E-state index contributed by atoms with van der Waals surface area (Å²) in [6.07, 6.45) is 6.10. The van der Waals surface area contributed by atoms with Crippen LogP contribution in [0.3, 0.4) is 0 Å². The number of amides is 1. The summed E-state index contributed by atoms with van der Waals surface area (Å²) in [5, 5.41) is 0. The van der Waals surface area contributed by atoms with Crippen LogP contribution in [0.5, 0.6) is 5.75 Å². The summed E-state index contributed by atoms with van der Waals surface area (Å²) in [5.41, 5.74) is 1.20. The zero-order valence-electron chi connectivity index (χ0n) is 12.6. The molecule has 1 fully saturated rings. The Labute approximate surface area is 121 Å². The van der Waals surface area contributed by atoms with Gasteiger partial charge in [-0.1, -0.05) is 19.1 Å². The van der Waals surface area contributed by atoms with Gasteiger partial charge in [-0.2, -0.15) is 0 Å². The SMILES string of the molecule is CCC1CCCCN1C(=O)CCc1ccc(OC)cc1. The van der Waals surface area contributed by atoms with Crippen LogP contribution in [0.2, 0.25) is 0 Å². The summed E-state index contributed by atoms with van der Waals surface area (Å²) in [4.78, 5) is 14.5. The number of likely N-dealkylation sites (tertiary alicyclic amines) is 1. The maximum Gasteiger partial charge on any atom is 0.223 e. The van der Waals surface area contributed by atoms with Crippen LogP contribution in [-0.4, -0.2) is 30.5 Å². The Morgan fingerprint density at radius 3 is 2.70 bits per heavy atom. The molecule has 0 N–H and O–H groups in total. The van der Waals surface area contributed by atoms with E-state index in [1.54, 1.807) is 7.11 Å². The molecule has 0 saturated carbocycles. The average molecular weight is 275 g/mol. The minimum atomic E-state index is 0.312. The molecule has 2 rings (SSSR count). The van der Waals surface area contributed by atoms with Gasteiger partial charge in [-0.3, -0.25) is 4.79 Å². The Bertz CT molecular complexity index is 427. The van der Waals surface area contributed by atoms with E-state index in [0.717, 1.165) is 31.6 Å². The van der Waals surface area contributed by atoms with Crippen molar-refractivity contribution in [3.63, 3.8) is 0 Å². The van der Waals surface area contributed by atoms with Crippen LogP contribution < -0.4 is 4.74 Å². The monoisotopic (exact) mass is 275 g/mol. The number of aryl methyl sites for hydroxylation is 1. The Hall–Kier alpha value is -1.51. The van der Waals surface area contributed by atoms with Crippen LogP contribution in [0.15, 0.2) is 24.3 Å². The van der Waals surface area contributed by atoms with Gasteiger partial charge in [-0.25, -0.2) is 0 Å². The van der Waals surface area contributed by atoms with E-state index in [2.05, 4.69) is 11.8 Å². The predicted molar refractivity (Wildman–Crippen MR) is 81.0 cm³/mol. The second kappa shape index (κ2) is 7.32. The Kier molecular flexibility index (Phi) is 5.45. The van der Waals surface area contributed by atoms with Gasteiger partial charge in [-0.05, 0) is 49.8 Å². The number of methoxy groups -OCH3 is 1. The minimum Gasteiger partial charge on any atom is -0.497 e. The van der Waals surface area contributed by atoms with Gasteiger partial charge in [0.2, 0.25) is 5.91 Å². The zero-order valence-corrected chi connectivity index (χ0v) is 12.6. The van der Waals surface area contributed by atoms with Crippen LogP contribution in [0.25, 0.3) is 0 Å². The van der Waals surface area contributed by atoms with E-state index < -0.39 is 0 Å². The normalized spacial score (nSPS) is 18.9. The van der Waals surface area contributed by atoms with Crippen molar-refractivity contribution in [3.8, 4) is 5.75 Å². The summed E-state index contributed by atoms with van der Waals surface area (Å²) in [5.74, 6) is 1.18. The summed E-state index contributed by atoms with van der Waals surface area (Å²) >= 11 is 0. The zero-order chi connectivity index (χ0) is 14.4. The van der Waals surface area contributed by atoms with Gasteiger partial charge < -0.3 is 9.64 Å². The molecule has 1 unspecified atom stereocenters. The number of piperidine rings is 1. The summed E-state index contributed by atoms with van der Waals surface area (Å²) in [7, 11) is 1.67. The number of hydrogen-bond donors (Lipinski definition) is 0. The molecule has 0 radical (unpaired) electrons.